The summed E-state index contributed by atoms with van der Waals surface area (Å²) >= 11 is 0. The molecule has 1 amide bonds. The Kier molecular flexibility index (Phi) is 6.69. The zero-order chi connectivity index (χ0) is 15.0. The van der Waals surface area contributed by atoms with Gasteiger partial charge in [-0.15, -0.1) is 0 Å². The van der Waals surface area contributed by atoms with Crippen LogP contribution in [0.5, 0.6) is 0 Å². The van der Waals surface area contributed by atoms with E-state index in [1.807, 2.05) is 30.3 Å². The van der Waals surface area contributed by atoms with Gasteiger partial charge in [0.25, 0.3) is 0 Å². The molecule has 0 spiro atoms. The lowest BCUT2D eigenvalue weighted by Gasteiger charge is -2.25. The Labute approximate surface area is 117 Å². The summed E-state index contributed by atoms with van der Waals surface area (Å²) in [7, 11) is 0. The standard InChI is InChI=1S/C14H20N2O4/c15-12(6-7-13(18)19)14(20)16(8-9-17)10-11-4-2-1-3-5-11/h1-5,12,17H,6-10,15H2,(H,18,19). The molecule has 0 aliphatic carbocycles. The molecule has 1 aromatic carbocycles. The molecular formula is C14H20N2O4. The first-order chi connectivity index (χ1) is 9.54. The van der Waals surface area contributed by atoms with Crippen molar-refractivity contribution in [3.8, 4) is 0 Å². The molecule has 0 bridgehead atoms. The zero-order valence-electron chi connectivity index (χ0n) is 11.2. The second-order valence-corrected chi connectivity index (χ2v) is 4.51. The van der Waals surface area contributed by atoms with Gasteiger partial charge in [0.1, 0.15) is 0 Å². The number of carbonyl (C=O) groups excluding carboxylic acids is 1. The molecule has 0 aromatic heterocycles. The minimum Gasteiger partial charge on any atom is -0.481 e. The van der Waals surface area contributed by atoms with Crippen molar-refractivity contribution >= 4 is 11.9 Å². The van der Waals surface area contributed by atoms with Gasteiger partial charge in [-0.05, 0) is 12.0 Å². The van der Waals surface area contributed by atoms with E-state index in [1.165, 1.54) is 4.90 Å². The van der Waals surface area contributed by atoms with E-state index in [0.29, 0.717) is 6.54 Å². The average Bonchev–Trinajstić information content (AvgIpc) is 2.44. The third-order valence-electron chi connectivity index (χ3n) is 2.88. The Hall–Kier alpha value is -1.92. The number of rotatable bonds is 8. The highest BCUT2D eigenvalue weighted by Gasteiger charge is 2.21. The highest BCUT2D eigenvalue weighted by atomic mass is 16.4. The van der Waals surface area contributed by atoms with E-state index in [0.717, 1.165) is 5.56 Å². The summed E-state index contributed by atoms with van der Waals surface area (Å²) in [5, 5.41) is 17.6. The number of carboxylic acids is 1. The van der Waals surface area contributed by atoms with Crippen LogP contribution < -0.4 is 5.73 Å². The van der Waals surface area contributed by atoms with Gasteiger partial charge in [-0.2, -0.15) is 0 Å². The average molecular weight is 280 g/mol. The van der Waals surface area contributed by atoms with Crippen LogP contribution in [0.25, 0.3) is 0 Å². The van der Waals surface area contributed by atoms with Crippen LogP contribution in [0.2, 0.25) is 0 Å². The topological polar surface area (TPSA) is 104 Å². The van der Waals surface area contributed by atoms with Crippen molar-refractivity contribution in [1.82, 2.24) is 4.90 Å². The molecule has 4 N–H and O–H groups in total. The number of carboxylic acid groups (broad SMARTS) is 1. The van der Waals surface area contributed by atoms with Gasteiger partial charge in [-0.25, -0.2) is 0 Å². The molecule has 6 nitrogen and oxygen atoms in total. The SMILES string of the molecule is NC(CCC(=O)O)C(=O)N(CCO)Cc1ccccc1. The van der Waals surface area contributed by atoms with Gasteiger partial charge in [0.05, 0.1) is 12.6 Å². The molecule has 0 aliphatic rings. The Balaban J connectivity index is 2.64. The quantitative estimate of drug-likeness (QED) is 0.631. The number of carbonyl (C=O) groups is 2. The normalized spacial score (nSPS) is 11.9. The smallest absolute Gasteiger partial charge is 0.303 e. The van der Waals surface area contributed by atoms with Gasteiger partial charge >= 0.3 is 5.97 Å². The third kappa shape index (κ3) is 5.38. The fourth-order valence-corrected chi connectivity index (χ4v) is 1.83. The molecule has 1 rings (SSSR count). The molecule has 0 aliphatic heterocycles. The van der Waals surface area contributed by atoms with Crippen molar-refractivity contribution in [3.63, 3.8) is 0 Å². The van der Waals surface area contributed by atoms with Crippen molar-refractivity contribution in [2.45, 2.75) is 25.4 Å². The minimum absolute atomic E-state index is 0.0882. The van der Waals surface area contributed by atoms with Crippen LogP contribution in [0, 0.1) is 0 Å². The highest BCUT2D eigenvalue weighted by Crippen LogP contribution is 2.07. The Morgan fingerprint density at radius 2 is 1.90 bits per heavy atom. The second-order valence-electron chi connectivity index (χ2n) is 4.51. The van der Waals surface area contributed by atoms with Crippen molar-refractivity contribution < 1.29 is 19.8 Å². The lowest BCUT2D eigenvalue weighted by Crippen LogP contribution is -2.44. The fraction of sp³-hybridized carbons (Fsp3) is 0.429. The van der Waals surface area contributed by atoms with Crippen LogP contribution in [0.4, 0.5) is 0 Å². The summed E-state index contributed by atoms with van der Waals surface area (Å²) in [6, 6.07) is 8.49. The number of amides is 1. The van der Waals surface area contributed by atoms with E-state index in [1.54, 1.807) is 0 Å². The van der Waals surface area contributed by atoms with E-state index >= 15 is 0 Å². The molecule has 6 heteroatoms. The van der Waals surface area contributed by atoms with Crippen molar-refractivity contribution in [3.05, 3.63) is 35.9 Å². The van der Waals surface area contributed by atoms with Gasteiger partial charge in [-0.3, -0.25) is 9.59 Å². The first-order valence-electron chi connectivity index (χ1n) is 6.45. The number of aliphatic hydroxyl groups excluding tert-OH is 1. The number of nitrogens with two attached hydrogens (primary N) is 1. The molecule has 0 heterocycles. The predicted molar refractivity (Wildman–Crippen MR) is 73.8 cm³/mol. The van der Waals surface area contributed by atoms with Gasteiger partial charge in [-0.1, -0.05) is 30.3 Å². The van der Waals surface area contributed by atoms with E-state index in [-0.39, 0.29) is 31.9 Å². The molecule has 1 atom stereocenters. The minimum atomic E-state index is -0.981. The van der Waals surface area contributed by atoms with Crippen LogP contribution in [-0.4, -0.2) is 46.2 Å². The molecular weight excluding hydrogens is 260 g/mol. The van der Waals surface area contributed by atoms with E-state index < -0.39 is 12.0 Å². The summed E-state index contributed by atoms with van der Waals surface area (Å²) in [6.07, 6.45) is -0.0594. The van der Waals surface area contributed by atoms with E-state index in [4.69, 9.17) is 15.9 Å². The molecule has 0 radical (unpaired) electrons. The molecule has 1 aromatic rings. The number of nitrogens with zero attached hydrogens (tertiary/aromatic N) is 1. The molecule has 0 fully saturated rings. The maximum atomic E-state index is 12.1. The molecule has 0 saturated carbocycles. The monoisotopic (exact) mass is 280 g/mol. The largest absolute Gasteiger partial charge is 0.481 e. The Morgan fingerprint density at radius 3 is 2.45 bits per heavy atom. The second kappa shape index (κ2) is 8.29. The number of benzene rings is 1. The summed E-state index contributed by atoms with van der Waals surface area (Å²) < 4.78 is 0. The summed E-state index contributed by atoms with van der Waals surface area (Å²) in [5.74, 6) is -1.32. The Morgan fingerprint density at radius 1 is 1.25 bits per heavy atom. The number of aliphatic carboxylic acids is 1. The Bertz CT molecular complexity index is 436. The maximum Gasteiger partial charge on any atom is 0.303 e. The first kappa shape index (κ1) is 16.1. The van der Waals surface area contributed by atoms with Crippen molar-refractivity contribution in [2.75, 3.05) is 13.2 Å². The van der Waals surface area contributed by atoms with Crippen molar-refractivity contribution in [1.29, 1.82) is 0 Å². The van der Waals surface area contributed by atoms with Crippen LogP contribution in [0.15, 0.2) is 30.3 Å². The van der Waals surface area contributed by atoms with Crippen LogP contribution >= 0.6 is 0 Å². The molecule has 110 valence electrons. The van der Waals surface area contributed by atoms with Crippen LogP contribution in [0.1, 0.15) is 18.4 Å². The highest BCUT2D eigenvalue weighted by molar-refractivity contribution is 5.82. The predicted octanol–water partition coefficient (Wildman–Crippen LogP) is 0.200. The summed E-state index contributed by atoms with van der Waals surface area (Å²) in [4.78, 5) is 24.1. The van der Waals surface area contributed by atoms with Gasteiger partial charge in [0.2, 0.25) is 5.91 Å². The van der Waals surface area contributed by atoms with Crippen LogP contribution in [-0.2, 0) is 16.1 Å². The molecule has 20 heavy (non-hydrogen) atoms. The number of aliphatic hydroxyl groups is 1. The molecule has 0 saturated heterocycles. The fourth-order valence-electron chi connectivity index (χ4n) is 1.83. The van der Waals surface area contributed by atoms with Crippen LogP contribution in [0.3, 0.4) is 0 Å². The van der Waals surface area contributed by atoms with Gasteiger partial charge in [0, 0.05) is 19.5 Å². The van der Waals surface area contributed by atoms with Crippen molar-refractivity contribution in [2.24, 2.45) is 5.73 Å². The summed E-state index contributed by atoms with van der Waals surface area (Å²) in [5.41, 5.74) is 6.64. The lowest BCUT2D eigenvalue weighted by atomic mass is 10.1. The van der Waals surface area contributed by atoms with E-state index in [9.17, 15) is 9.59 Å². The van der Waals surface area contributed by atoms with Gasteiger partial charge < -0.3 is 20.8 Å². The van der Waals surface area contributed by atoms with Gasteiger partial charge in [0.15, 0.2) is 0 Å². The first-order valence-corrected chi connectivity index (χ1v) is 6.45. The lowest BCUT2D eigenvalue weighted by molar-refractivity contribution is -0.138. The summed E-state index contributed by atoms with van der Waals surface area (Å²) in [6.45, 7) is 0.361. The third-order valence-corrected chi connectivity index (χ3v) is 2.88. The number of hydrogen-bond donors (Lipinski definition) is 3. The van der Waals surface area contributed by atoms with E-state index in [2.05, 4.69) is 0 Å². The molecule has 1 unspecified atom stereocenters. The maximum absolute atomic E-state index is 12.1. The number of hydrogen-bond acceptors (Lipinski definition) is 4. The zero-order valence-corrected chi connectivity index (χ0v) is 11.2.